The summed E-state index contributed by atoms with van der Waals surface area (Å²) in [6, 6.07) is 0.579. The van der Waals surface area contributed by atoms with Crippen molar-refractivity contribution in [3.8, 4) is 0 Å². The minimum atomic E-state index is 0.346. The standard InChI is InChI=1S/C20H31N5O/c26-19-7-5-12-23(19)13-8-18-6-1-2-11-25(18)16-17-14-21-20(22-15-17)24-9-3-4-10-24/h14-15,18H,1-13,16H2/t18-/m1/s1. The maximum absolute atomic E-state index is 11.9. The highest BCUT2D eigenvalue weighted by atomic mass is 16.2. The maximum atomic E-state index is 11.9. The molecule has 0 bridgehead atoms. The zero-order valence-corrected chi connectivity index (χ0v) is 15.8. The molecule has 3 fully saturated rings. The van der Waals surface area contributed by atoms with Crippen LogP contribution in [0.5, 0.6) is 0 Å². The second kappa shape index (κ2) is 8.33. The molecule has 4 heterocycles. The maximum Gasteiger partial charge on any atom is 0.225 e. The molecule has 6 nitrogen and oxygen atoms in total. The van der Waals surface area contributed by atoms with Crippen molar-refractivity contribution in [3.63, 3.8) is 0 Å². The quantitative estimate of drug-likeness (QED) is 0.783. The van der Waals surface area contributed by atoms with E-state index in [0.29, 0.717) is 11.9 Å². The molecular formula is C20H31N5O. The number of hydrogen-bond donors (Lipinski definition) is 0. The Morgan fingerprint density at radius 1 is 0.962 bits per heavy atom. The fraction of sp³-hybridized carbons (Fsp3) is 0.750. The Bertz CT molecular complexity index is 599. The molecule has 3 aliphatic heterocycles. The number of carbonyl (C=O) groups is 1. The van der Waals surface area contributed by atoms with Gasteiger partial charge >= 0.3 is 0 Å². The van der Waals surface area contributed by atoms with Crippen LogP contribution < -0.4 is 4.90 Å². The van der Waals surface area contributed by atoms with Gasteiger partial charge in [0.05, 0.1) is 0 Å². The van der Waals surface area contributed by atoms with Crippen molar-refractivity contribution in [2.75, 3.05) is 37.6 Å². The Hall–Kier alpha value is -1.69. The topological polar surface area (TPSA) is 52.6 Å². The lowest BCUT2D eigenvalue weighted by Crippen LogP contribution is -2.41. The second-order valence-corrected chi connectivity index (χ2v) is 7.98. The van der Waals surface area contributed by atoms with Gasteiger partial charge in [-0.15, -0.1) is 0 Å². The van der Waals surface area contributed by atoms with Crippen molar-refractivity contribution in [2.45, 2.75) is 64.0 Å². The number of likely N-dealkylation sites (tertiary alicyclic amines) is 2. The first kappa shape index (κ1) is 17.7. The largest absolute Gasteiger partial charge is 0.343 e. The fourth-order valence-corrected chi connectivity index (χ4v) is 4.58. The van der Waals surface area contributed by atoms with E-state index in [-0.39, 0.29) is 0 Å². The number of amides is 1. The molecule has 0 unspecified atom stereocenters. The summed E-state index contributed by atoms with van der Waals surface area (Å²) < 4.78 is 0. The Balaban J connectivity index is 1.33. The van der Waals surface area contributed by atoms with E-state index in [4.69, 9.17) is 0 Å². The molecule has 1 aromatic rings. The molecule has 0 saturated carbocycles. The van der Waals surface area contributed by atoms with Crippen LogP contribution in [0.1, 0.15) is 56.9 Å². The second-order valence-electron chi connectivity index (χ2n) is 7.98. The molecule has 0 radical (unpaired) electrons. The van der Waals surface area contributed by atoms with E-state index < -0.39 is 0 Å². The van der Waals surface area contributed by atoms with Crippen LogP contribution >= 0.6 is 0 Å². The molecule has 142 valence electrons. The van der Waals surface area contributed by atoms with Crippen molar-refractivity contribution in [1.82, 2.24) is 19.8 Å². The highest BCUT2D eigenvalue weighted by molar-refractivity contribution is 5.78. The molecule has 0 aromatic carbocycles. The van der Waals surface area contributed by atoms with Gasteiger partial charge in [0.15, 0.2) is 0 Å². The Morgan fingerprint density at radius 3 is 2.46 bits per heavy atom. The third-order valence-corrected chi connectivity index (χ3v) is 6.12. The fourth-order valence-electron chi connectivity index (χ4n) is 4.58. The minimum Gasteiger partial charge on any atom is -0.343 e. The van der Waals surface area contributed by atoms with Gasteiger partial charge in [-0.1, -0.05) is 6.42 Å². The summed E-state index contributed by atoms with van der Waals surface area (Å²) in [6.45, 7) is 6.12. The lowest BCUT2D eigenvalue weighted by Gasteiger charge is -2.36. The van der Waals surface area contributed by atoms with Crippen LogP contribution in [0.2, 0.25) is 0 Å². The number of nitrogens with zero attached hydrogens (tertiary/aromatic N) is 5. The van der Waals surface area contributed by atoms with E-state index >= 15 is 0 Å². The van der Waals surface area contributed by atoms with Gasteiger partial charge in [0.2, 0.25) is 11.9 Å². The monoisotopic (exact) mass is 357 g/mol. The van der Waals surface area contributed by atoms with Gasteiger partial charge in [-0.25, -0.2) is 9.97 Å². The van der Waals surface area contributed by atoms with E-state index in [1.54, 1.807) is 0 Å². The van der Waals surface area contributed by atoms with Gasteiger partial charge in [-0.3, -0.25) is 9.69 Å². The molecule has 26 heavy (non-hydrogen) atoms. The number of hydrogen-bond acceptors (Lipinski definition) is 5. The first-order chi connectivity index (χ1) is 12.8. The average Bonchev–Trinajstić information content (AvgIpc) is 3.34. The molecule has 0 aliphatic carbocycles. The number of carbonyl (C=O) groups excluding carboxylic acids is 1. The van der Waals surface area contributed by atoms with Crippen molar-refractivity contribution >= 4 is 11.9 Å². The van der Waals surface area contributed by atoms with Crippen LogP contribution in [-0.4, -0.2) is 64.4 Å². The molecule has 1 aromatic heterocycles. The Kier molecular flexibility index (Phi) is 5.68. The van der Waals surface area contributed by atoms with Crippen molar-refractivity contribution < 1.29 is 4.79 Å². The highest BCUT2D eigenvalue weighted by Crippen LogP contribution is 2.23. The van der Waals surface area contributed by atoms with E-state index in [1.165, 1.54) is 37.7 Å². The van der Waals surface area contributed by atoms with Crippen molar-refractivity contribution in [3.05, 3.63) is 18.0 Å². The SMILES string of the molecule is O=C1CCCN1CC[C@H]1CCCCN1Cc1cnc(N2CCCC2)nc1. The third-order valence-electron chi connectivity index (χ3n) is 6.12. The summed E-state index contributed by atoms with van der Waals surface area (Å²) in [7, 11) is 0. The van der Waals surface area contributed by atoms with Crippen LogP contribution in [0, 0.1) is 0 Å². The zero-order chi connectivity index (χ0) is 17.8. The van der Waals surface area contributed by atoms with Gasteiger partial charge in [0, 0.05) is 63.1 Å². The van der Waals surface area contributed by atoms with Gasteiger partial charge in [0.25, 0.3) is 0 Å². The van der Waals surface area contributed by atoms with Crippen molar-refractivity contribution in [1.29, 1.82) is 0 Å². The summed E-state index contributed by atoms with van der Waals surface area (Å²) >= 11 is 0. The van der Waals surface area contributed by atoms with E-state index in [0.717, 1.165) is 64.5 Å². The number of piperidine rings is 1. The van der Waals surface area contributed by atoms with Gasteiger partial charge in [-0.2, -0.15) is 0 Å². The molecule has 3 saturated heterocycles. The molecule has 1 amide bonds. The van der Waals surface area contributed by atoms with Crippen LogP contribution in [0.3, 0.4) is 0 Å². The van der Waals surface area contributed by atoms with Crippen LogP contribution in [0.15, 0.2) is 12.4 Å². The van der Waals surface area contributed by atoms with Crippen LogP contribution in [-0.2, 0) is 11.3 Å². The lowest BCUT2D eigenvalue weighted by molar-refractivity contribution is -0.127. The number of anilines is 1. The van der Waals surface area contributed by atoms with Gasteiger partial charge in [-0.05, 0) is 45.1 Å². The van der Waals surface area contributed by atoms with Crippen LogP contribution in [0.25, 0.3) is 0 Å². The first-order valence-corrected chi connectivity index (χ1v) is 10.4. The third kappa shape index (κ3) is 4.17. The Morgan fingerprint density at radius 2 is 1.73 bits per heavy atom. The van der Waals surface area contributed by atoms with Gasteiger partial charge < -0.3 is 9.80 Å². The predicted octanol–water partition coefficient (Wildman–Crippen LogP) is 2.44. The molecule has 0 spiro atoms. The highest BCUT2D eigenvalue weighted by Gasteiger charge is 2.26. The average molecular weight is 358 g/mol. The summed E-state index contributed by atoms with van der Waals surface area (Å²) in [5.74, 6) is 1.23. The van der Waals surface area contributed by atoms with E-state index in [1.807, 2.05) is 12.4 Å². The van der Waals surface area contributed by atoms with E-state index in [9.17, 15) is 4.79 Å². The summed E-state index contributed by atoms with van der Waals surface area (Å²) in [5, 5.41) is 0. The lowest BCUT2D eigenvalue weighted by atomic mass is 9.98. The smallest absolute Gasteiger partial charge is 0.225 e. The Labute approximate surface area is 156 Å². The zero-order valence-electron chi connectivity index (χ0n) is 15.8. The first-order valence-electron chi connectivity index (χ1n) is 10.4. The van der Waals surface area contributed by atoms with Gasteiger partial charge in [0.1, 0.15) is 0 Å². The molecule has 3 aliphatic rings. The normalized spacial score (nSPS) is 24.6. The molecule has 1 atom stereocenters. The summed E-state index contributed by atoms with van der Waals surface area (Å²) in [5.41, 5.74) is 1.21. The molecule has 0 N–H and O–H groups in total. The minimum absolute atomic E-state index is 0.346. The van der Waals surface area contributed by atoms with Crippen LogP contribution in [0.4, 0.5) is 5.95 Å². The van der Waals surface area contributed by atoms with Crippen molar-refractivity contribution in [2.24, 2.45) is 0 Å². The molecule has 6 heteroatoms. The predicted molar refractivity (Wildman–Crippen MR) is 102 cm³/mol. The summed E-state index contributed by atoms with van der Waals surface area (Å²) in [6.07, 6.45) is 13.2. The molecule has 4 rings (SSSR count). The number of rotatable bonds is 6. The summed E-state index contributed by atoms with van der Waals surface area (Å²) in [4.78, 5) is 28.0. The molecular weight excluding hydrogens is 326 g/mol. The van der Waals surface area contributed by atoms with E-state index in [2.05, 4.69) is 24.7 Å². The number of aromatic nitrogens is 2.